The molecule has 3 nitrogen and oxygen atoms in total. The van der Waals surface area contributed by atoms with Gasteiger partial charge >= 0.3 is 5.97 Å². The van der Waals surface area contributed by atoms with Crippen molar-refractivity contribution in [2.24, 2.45) is 0 Å². The molecule has 0 spiro atoms. The number of aromatic carboxylic acids is 1. The number of rotatable bonds is 2. The van der Waals surface area contributed by atoms with E-state index in [1.54, 1.807) is 11.3 Å². The second-order valence-electron chi connectivity index (χ2n) is 5.24. The van der Waals surface area contributed by atoms with Crippen molar-refractivity contribution in [3.8, 4) is 10.6 Å². The molecule has 21 heavy (non-hydrogen) atoms. The van der Waals surface area contributed by atoms with Crippen molar-refractivity contribution >= 4 is 27.5 Å². The van der Waals surface area contributed by atoms with Crippen molar-refractivity contribution in [2.75, 3.05) is 0 Å². The lowest BCUT2D eigenvalue weighted by Crippen LogP contribution is -2.04. The summed E-state index contributed by atoms with van der Waals surface area (Å²) >= 11 is 1.54. The second kappa shape index (κ2) is 4.97. The summed E-state index contributed by atoms with van der Waals surface area (Å²) < 4.78 is 1.09. The summed E-state index contributed by atoms with van der Waals surface area (Å²) in [6.07, 6.45) is 0. The highest BCUT2D eigenvalue weighted by atomic mass is 32.1. The van der Waals surface area contributed by atoms with E-state index in [1.807, 2.05) is 45.0 Å². The van der Waals surface area contributed by atoms with Crippen LogP contribution in [0.2, 0.25) is 0 Å². The van der Waals surface area contributed by atoms with E-state index in [9.17, 15) is 9.90 Å². The standard InChI is InChI=1S/C17H15NO2S/c1-9-4-7-12-13(8-9)21-16(18-12)14-10(2)5-6-11(3)15(14)17(19)20/h4-8H,1-3H3,(H,19,20). The van der Waals surface area contributed by atoms with E-state index in [0.29, 0.717) is 5.56 Å². The van der Waals surface area contributed by atoms with Crippen molar-refractivity contribution in [3.63, 3.8) is 0 Å². The normalized spacial score (nSPS) is 11.0. The molecule has 1 aromatic heterocycles. The average molecular weight is 297 g/mol. The van der Waals surface area contributed by atoms with Crippen molar-refractivity contribution in [1.82, 2.24) is 4.98 Å². The highest BCUT2D eigenvalue weighted by molar-refractivity contribution is 7.21. The summed E-state index contributed by atoms with van der Waals surface area (Å²) in [4.78, 5) is 16.2. The third-order valence-electron chi connectivity index (χ3n) is 3.59. The molecule has 0 amide bonds. The van der Waals surface area contributed by atoms with E-state index in [-0.39, 0.29) is 0 Å². The molecule has 0 fully saturated rings. The number of aromatic nitrogens is 1. The number of fused-ring (bicyclic) bond motifs is 1. The fraction of sp³-hybridized carbons (Fsp3) is 0.176. The minimum Gasteiger partial charge on any atom is -0.478 e. The van der Waals surface area contributed by atoms with Gasteiger partial charge in [-0.05, 0) is 49.6 Å². The van der Waals surface area contributed by atoms with E-state index < -0.39 is 5.97 Å². The van der Waals surface area contributed by atoms with Gasteiger partial charge < -0.3 is 5.11 Å². The van der Waals surface area contributed by atoms with Gasteiger partial charge in [0, 0.05) is 5.56 Å². The SMILES string of the molecule is Cc1ccc2nc(-c3c(C)ccc(C)c3C(=O)O)sc2c1. The molecule has 0 unspecified atom stereocenters. The van der Waals surface area contributed by atoms with Crippen LogP contribution in [0.4, 0.5) is 0 Å². The van der Waals surface area contributed by atoms with Crippen LogP contribution < -0.4 is 0 Å². The molecule has 0 aliphatic heterocycles. The van der Waals surface area contributed by atoms with Gasteiger partial charge in [-0.15, -0.1) is 11.3 Å². The molecular weight excluding hydrogens is 282 g/mol. The number of carboxylic acids is 1. The van der Waals surface area contributed by atoms with Crippen LogP contribution >= 0.6 is 11.3 Å². The minimum atomic E-state index is -0.901. The topological polar surface area (TPSA) is 50.2 Å². The van der Waals surface area contributed by atoms with E-state index in [1.165, 1.54) is 5.56 Å². The fourth-order valence-corrected chi connectivity index (χ4v) is 3.68. The zero-order chi connectivity index (χ0) is 15.1. The molecule has 0 saturated heterocycles. The van der Waals surface area contributed by atoms with Gasteiger partial charge in [0.2, 0.25) is 0 Å². The molecule has 106 valence electrons. The Kier molecular flexibility index (Phi) is 3.26. The van der Waals surface area contributed by atoms with Crippen LogP contribution in [-0.4, -0.2) is 16.1 Å². The number of nitrogens with zero attached hydrogens (tertiary/aromatic N) is 1. The van der Waals surface area contributed by atoms with Crippen molar-refractivity contribution in [3.05, 3.63) is 52.6 Å². The van der Waals surface area contributed by atoms with E-state index >= 15 is 0 Å². The maximum absolute atomic E-state index is 11.6. The van der Waals surface area contributed by atoms with Crippen LogP contribution in [-0.2, 0) is 0 Å². The lowest BCUT2D eigenvalue weighted by atomic mass is 9.97. The molecule has 3 rings (SSSR count). The second-order valence-corrected chi connectivity index (χ2v) is 6.28. The summed E-state index contributed by atoms with van der Waals surface area (Å²) in [7, 11) is 0. The molecule has 0 bridgehead atoms. The van der Waals surface area contributed by atoms with Gasteiger partial charge in [-0.3, -0.25) is 0 Å². The van der Waals surface area contributed by atoms with Gasteiger partial charge in [-0.2, -0.15) is 0 Å². The van der Waals surface area contributed by atoms with Crippen LogP contribution in [0.3, 0.4) is 0 Å². The molecule has 1 N–H and O–H groups in total. The Morgan fingerprint density at radius 3 is 2.52 bits per heavy atom. The number of benzene rings is 2. The Morgan fingerprint density at radius 1 is 1.10 bits per heavy atom. The first-order valence-electron chi connectivity index (χ1n) is 6.68. The minimum absolute atomic E-state index is 0.353. The summed E-state index contributed by atoms with van der Waals surface area (Å²) in [6, 6.07) is 9.89. The van der Waals surface area contributed by atoms with Gasteiger partial charge in [0.1, 0.15) is 5.01 Å². The molecule has 0 aliphatic carbocycles. The smallest absolute Gasteiger partial charge is 0.336 e. The zero-order valence-electron chi connectivity index (χ0n) is 12.1. The van der Waals surface area contributed by atoms with Crippen LogP contribution in [0, 0.1) is 20.8 Å². The summed E-state index contributed by atoms with van der Waals surface area (Å²) in [6.45, 7) is 5.79. The third-order valence-corrected chi connectivity index (χ3v) is 4.63. The molecule has 2 aromatic carbocycles. The predicted molar refractivity (Wildman–Crippen MR) is 86.2 cm³/mol. The van der Waals surface area contributed by atoms with Crippen LogP contribution in [0.5, 0.6) is 0 Å². The predicted octanol–water partition coefficient (Wildman–Crippen LogP) is 4.59. The Hall–Kier alpha value is -2.20. The molecular formula is C17H15NO2S. The molecule has 4 heteroatoms. The van der Waals surface area contributed by atoms with E-state index in [4.69, 9.17) is 0 Å². The highest BCUT2D eigenvalue weighted by Crippen LogP contribution is 2.35. The number of carboxylic acid groups (broad SMARTS) is 1. The fourth-order valence-electron chi connectivity index (χ4n) is 2.50. The first kappa shape index (κ1) is 13.8. The first-order valence-corrected chi connectivity index (χ1v) is 7.50. The molecule has 0 aliphatic rings. The largest absolute Gasteiger partial charge is 0.478 e. The third kappa shape index (κ3) is 2.32. The van der Waals surface area contributed by atoms with Crippen molar-refractivity contribution < 1.29 is 9.90 Å². The van der Waals surface area contributed by atoms with E-state index in [0.717, 1.165) is 31.9 Å². The molecule has 0 radical (unpaired) electrons. The molecule has 0 atom stereocenters. The maximum Gasteiger partial charge on any atom is 0.336 e. The van der Waals surface area contributed by atoms with Crippen molar-refractivity contribution in [2.45, 2.75) is 20.8 Å². The number of aryl methyl sites for hydroxylation is 3. The highest BCUT2D eigenvalue weighted by Gasteiger charge is 2.19. The lowest BCUT2D eigenvalue weighted by Gasteiger charge is -2.09. The van der Waals surface area contributed by atoms with Crippen LogP contribution in [0.25, 0.3) is 20.8 Å². The molecule has 1 heterocycles. The molecule has 3 aromatic rings. The monoisotopic (exact) mass is 297 g/mol. The van der Waals surface area contributed by atoms with Gasteiger partial charge in [0.05, 0.1) is 15.8 Å². The Labute approximate surface area is 126 Å². The van der Waals surface area contributed by atoms with Crippen molar-refractivity contribution in [1.29, 1.82) is 0 Å². The van der Waals surface area contributed by atoms with Gasteiger partial charge in [0.15, 0.2) is 0 Å². The lowest BCUT2D eigenvalue weighted by molar-refractivity contribution is 0.0697. The number of thiazole rings is 1. The molecule has 0 saturated carbocycles. The quantitative estimate of drug-likeness (QED) is 0.752. The van der Waals surface area contributed by atoms with Crippen LogP contribution in [0.15, 0.2) is 30.3 Å². The summed E-state index contributed by atoms with van der Waals surface area (Å²) in [5.74, 6) is -0.901. The van der Waals surface area contributed by atoms with Gasteiger partial charge in [0.25, 0.3) is 0 Å². The first-order chi connectivity index (χ1) is 9.97. The maximum atomic E-state index is 11.6. The Bertz CT molecular complexity index is 865. The van der Waals surface area contributed by atoms with Crippen LogP contribution in [0.1, 0.15) is 27.0 Å². The number of hydrogen-bond donors (Lipinski definition) is 1. The van der Waals surface area contributed by atoms with E-state index in [2.05, 4.69) is 11.1 Å². The summed E-state index contributed by atoms with van der Waals surface area (Å²) in [5.41, 5.74) is 4.88. The summed E-state index contributed by atoms with van der Waals surface area (Å²) in [5, 5.41) is 10.3. The Morgan fingerprint density at radius 2 is 1.81 bits per heavy atom. The average Bonchev–Trinajstić information content (AvgIpc) is 2.83. The number of hydrogen-bond acceptors (Lipinski definition) is 3. The Balaban J connectivity index is 2.32. The van der Waals surface area contributed by atoms with Gasteiger partial charge in [-0.25, -0.2) is 9.78 Å². The number of carbonyl (C=O) groups is 1. The zero-order valence-corrected chi connectivity index (χ0v) is 12.9. The van der Waals surface area contributed by atoms with Gasteiger partial charge in [-0.1, -0.05) is 18.2 Å².